The van der Waals surface area contributed by atoms with Crippen molar-refractivity contribution in [2.75, 3.05) is 24.6 Å². The van der Waals surface area contributed by atoms with Crippen molar-refractivity contribution < 1.29 is 19.1 Å². The first-order valence-electron chi connectivity index (χ1n) is 11.2. The van der Waals surface area contributed by atoms with Crippen molar-refractivity contribution >= 4 is 23.5 Å². The van der Waals surface area contributed by atoms with Gasteiger partial charge in [0.15, 0.2) is 12.4 Å². The first kappa shape index (κ1) is 21.6. The number of nitrogens with zero attached hydrogens (tertiary/aromatic N) is 4. The van der Waals surface area contributed by atoms with Crippen molar-refractivity contribution in [2.45, 2.75) is 25.3 Å². The lowest BCUT2D eigenvalue weighted by atomic mass is 10.0. The Labute approximate surface area is 195 Å². The Hall–Kier alpha value is -4.21. The van der Waals surface area contributed by atoms with E-state index < -0.39 is 6.03 Å². The van der Waals surface area contributed by atoms with Crippen LogP contribution in [0, 0.1) is 0 Å². The van der Waals surface area contributed by atoms with Gasteiger partial charge in [-0.05, 0) is 43.5 Å². The maximum atomic E-state index is 12.9. The number of carbonyl (C=O) groups is 3. The van der Waals surface area contributed by atoms with Gasteiger partial charge in [-0.25, -0.2) is 9.78 Å². The Morgan fingerprint density at radius 2 is 1.94 bits per heavy atom. The molecule has 0 aliphatic carbocycles. The van der Waals surface area contributed by atoms with Crippen LogP contribution in [-0.2, 0) is 9.59 Å². The van der Waals surface area contributed by atoms with E-state index >= 15 is 0 Å². The van der Waals surface area contributed by atoms with Gasteiger partial charge in [0.05, 0.1) is 6.04 Å². The summed E-state index contributed by atoms with van der Waals surface area (Å²) in [5.41, 5.74) is 1.29. The van der Waals surface area contributed by atoms with Crippen LogP contribution >= 0.6 is 0 Å². The number of anilines is 1. The first-order valence-corrected chi connectivity index (χ1v) is 11.2. The Morgan fingerprint density at radius 3 is 2.74 bits per heavy atom. The molecule has 0 unspecified atom stereocenters. The molecular formula is C24H24N6O4. The maximum absolute atomic E-state index is 12.9. The van der Waals surface area contributed by atoms with Crippen molar-refractivity contribution in [2.24, 2.45) is 0 Å². The summed E-state index contributed by atoms with van der Waals surface area (Å²) in [4.78, 5) is 44.3. The average Bonchev–Trinajstić information content (AvgIpc) is 3.49. The Kier molecular flexibility index (Phi) is 5.94. The van der Waals surface area contributed by atoms with E-state index in [4.69, 9.17) is 4.74 Å². The highest BCUT2D eigenvalue weighted by Gasteiger charge is 2.31. The van der Waals surface area contributed by atoms with Crippen molar-refractivity contribution in [1.29, 1.82) is 0 Å². The number of hydrogen-bond acceptors (Lipinski definition) is 6. The number of piperidine rings is 1. The third kappa shape index (κ3) is 4.47. The molecule has 1 aromatic heterocycles. The predicted molar refractivity (Wildman–Crippen MR) is 123 cm³/mol. The van der Waals surface area contributed by atoms with Crippen molar-refractivity contribution in [3.05, 3.63) is 60.4 Å². The van der Waals surface area contributed by atoms with E-state index in [0.717, 1.165) is 19.3 Å². The van der Waals surface area contributed by atoms with Gasteiger partial charge in [-0.15, -0.1) is 0 Å². The smallest absolute Gasteiger partial charge is 0.329 e. The number of H-pyrrole nitrogens is 1. The first-order chi connectivity index (χ1) is 16.6. The monoisotopic (exact) mass is 460 g/mol. The lowest BCUT2D eigenvalue weighted by Gasteiger charge is -2.34. The van der Waals surface area contributed by atoms with Crippen LogP contribution < -0.4 is 15.0 Å². The average molecular weight is 460 g/mol. The molecule has 0 saturated carbocycles. The standard InChI is InChI=1S/C24H24N6O4/c31-20-14-30(24(33)25-20)17-8-6-7-16(13-17)22-26-23(28-27-22)19-11-4-5-12-29(19)21(32)15-34-18-9-2-1-3-10-18/h1-3,6-10,13,19H,4-5,11-12,14-15H2,(H,25,31,33)(H,26,27,28)/t19-/m1/s1. The van der Waals surface area contributed by atoms with Crippen LogP contribution in [0.5, 0.6) is 5.75 Å². The topological polar surface area (TPSA) is 121 Å². The zero-order chi connectivity index (χ0) is 23.5. The number of para-hydroxylation sites is 1. The molecular weight excluding hydrogens is 436 g/mol. The van der Waals surface area contributed by atoms with Crippen molar-refractivity contribution in [3.8, 4) is 17.1 Å². The van der Waals surface area contributed by atoms with Crippen molar-refractivity contribution in [3.63, 3.8) is 0 Å². The molecule has 2 N–H and O–H groups in total. The number of benzene rings is 2. The molecule has 34 heavy (non-hydrogen) atoms. The van der Waals surface area contributed by atoms with E-state index in [1.807, 2.05) is 36.4 Å². The fourth-order valence-electron chi connectivity index (χ4n) is 4.27. The molecule has 3 aromatic rings. The van der Waals surface area contributed by atoms with E-state index in [9.17, 15) is 14.4 Å². The minimum absolute atomic E-state index is 0.0221. The molecule has 3 heterocycles. The van der Waals surface area contributed by atoms with Crippen molar-refractivity contribution in [1.82, 2.24) is 25.4 Å². The number of urea groups is 1. The lowest BCUT2D eigenvalue weighted by Crippen LogP contribution is -2.41. The van der Waals surface area contributed by atoms with Gasteiger partial charge in [-0.2, -0.15) is 5.10 Å². The summed E-state index contributed by atoms with van der Waals surface area (Å²) in [6.45, 7) is 0.567. The Morgan fingerprint density at radius 1 is 1.09 bits per heavy atom. The van der Waals surface area contributed by atoms with Gasteiger partial charge >= 0.3 is 6.03 Å². The highest BCUT2D eigenvalue weighted by Crippen LogP contribution is 2.31. The summed E-state index contributed by atoms with van der Waals surface area (Å²) >= 11 is 0. The Bertz CT molecular complexity index is 1210. The van der Waals surface area contributed by atoms with Crippen LogP contribution in [0.15, 0.2) is 54.6 Å². The van der Waals surface area contributed by atoms with Gasteiger partial charge in [0, 0.05) is 17.8 Å². The Balaban J connectivity index is 1.32. The van der Waals surface area contributed by atoms with Gasteiger partial charge in [0.2, 0.25) is 5.91 Å². The van der Waals surface area contributed by atoms with Gasteiger partial charge in [0.25, 0.3) is 5.91 Å². The highest BCUT2D eigenvalue weighted by atomic mass is 16.5. The molecule has 4 amide bonds. The summed E-state index contributed by atoms with van der Waals surface area (Å²) < 4.78 is 5.66. The summed E-state index contributed by atoms with van der Waals surface area (Å²) in [6, 6.07) is 15.7. The van der Waals surface area contributed by atoms with Gasteiger partial charge in [0.1, 0.15) is 18.1 Å². The van der Waals surface area contributed by atoms with Gasteiger partial charge in [-0.1, -0.05) is 30.3 Å². The number of aromatic nitrogens is 3. The molecule has 2 saturated heterocycles. The van der Waals surface area contributed by atoms with Gasteiger partial charge in [-0.3, -0.25) is 24.9 Å². The third-order valence-corrected chi connectivity index (χ3v) is 5.96. The molecule has 2 aliphatic rings. The SMILES string of the molecule is O=C1CN(c2cccc(-c3n[nH]c([C@H]4CCCCN4C(=O)COc4ccccc4)n3)c2)C(=O)N1. The second kappa shape index (κ2) is 9.34. The number of likely N-dealkylation sites (tertiary alicyclic amines) is 1. The summed E-state index contributed by atoms with van der Waals surface area (Å²) in [5.74, 6) is 1.29. The minimum atomic E-state index is -0.452. The lowest BCUT2D eigenvalue weighted by molar-refractivity contribution is -0.137. The fourth-order valence-corrected chi connectivity index (χ4v) is 4.27. The van der Waals surface area contributed by atoms with Crippen LogP contribution in [0.2, 0.25) is 0 Å². The minimum Gasteiger partial charge on any atom is -0.484 e. The number of aromatic amines is 1. The molecule has 2 aromatic carbocycles. The second-order valence-corrected chi connectivity index (χ2v) is 8.23. The summed E-state index contributed by atoms with van der Waals surface area (Å²) in [5, 5.41) is 9.62. The largest absolute Gasteiger partial charge is 0.484 e. The number of nitrogens with one attached hydrogen (secondary N) is 2. The molecule has 10 heteroatoms. The molecule has 1 atom stereocenters. The normalized spacial score (nSPS) is 18.2. The maximum Gasteiger partial charge on any atom is 0.329 e. The molecule has 0 radical (unpaired) electrons. The van der Waals surface area contributed by atoms with E-state index in [0.29, 0.717) is 35.2 Å². The van der Waals surface area contributed by atoms with Crippen LogP contribution in [0.3, 0.4) is 0 Å². The van der Waals surface area contributed by atoms with Gasteiger partial charge < -0.3 is 9.64 Å². The zero-order valence-electron chi connectivity index (χ0n) is 18.4. The molecule has 2 aliphatic heterocycles. The van der Waals surface area contributed by atoms with Crippen LogP contribution in [-0.4, -0.2) is 57.6 Å². The molecule has 0 spiro atoms. The number of carbonyl (C=O) groups excluding carboxylic acids is 3. The molecule has 10 nitrogen and oxygen atoms in total. The van der Waals surface area contributed by atoms with E-state index in [-0.39, 0.29) is 31.0 Å². The summed E-state index contributed by atoms with van der Waals surface area (Å²) in [7, 11) is 0. The van der Waals surface area contributed by atoms with E-state index in [1.54, 1.807) is 23.1 Å². The molecule has 0 bridgehead atoms. The number of hydrogen-bond donors (Lipinski definition) is 2. The van der Waals surface area contributed by atoms with E-state index in [1.165, 1.54) is 4.90 Å². The third-order valence-electron chi connectivity index (χ3n) is 5.96. The number of ether oxygens (including phenoxy) is 1. The molecule has 5 rings (SSSR count). The number of rotatable bonds is 6. The number of imide groups is 1. The fraction of sp³-hybridized carbons (Fsp3) is 0.292. The molecule has 2 fully saturated rings. The van der Waals surface area contributed by atoms with Crippen LogP contribution in [0.4, 0.5) is 10.5 Å². The highest BCUT2D eigenvalue weighted by molar-refractivity contribution is 6.12. The summed E-state index contributed by atoms with van der Waals surface area (Å²) in [6.07, 6.45) is 2.69. The molecule has 174 valence electrons. The zero-order valence-corrected chi connectivity index (χ0v) is 18.4. The van der Waals surface area contributed by atoms with E-state index in [2.05, 4.69) is 20.5 Å². The second-order valence-electron chi connectivity index (χ2n) is 8.23. The van der Waals surface area contributed by atoms with Crippen LogP contribution in [0.1, 0.15) is 31.1 Å². The predicted octanol–water partition coefficient (Wildman–Crippen LogP) is 2.66. The van der Waals surface area contributed by atoms with Crippen LogP contribution in [0.25, 0.3) is 11.4 Å². The number of amides is 4. The quantitative estimate of drug-likeness (QED) is 0.546.